The zero-order valence-corrected chi connectivity index (χ0v) is 11.6. The maximum Gasteiger partial charge on any atom is 0.225 e. The molecule has 0 aliphatic rings. The second-order valence-corrected chi connectivity index (χ2v) is 5.30. The fraction of sp³-hybridized carbons (Fsp3) is 0.643. The Balaban J connectivity index is 2.59. The molecular formula is C14H23NO3. The summed E-state index contributed by atoms with van der Waals surface area (Å²) in [6.07, 6.45) is 0.641. The van der Waals surface area contributed by atoms with E-state index in [1.165, 1.54) is 0 Å². The molecule has 1 atom stereocenters. The van der Waals surface area contributed by atoms with Gasteiger partial charge in [-0.05, 0) is 25.5 Å². The van der Waals surface area contributed by atoms with Crippen LogP contribution in [0.5, 0.6) is 0 Å². The molecule has 1 amide bonds. The topological polar surface area (TPSA) is 62.5 Å². The van der Waals surface area contributed by atoms with Crippen LogP contribution in [0.4, 0.5) is 0 Å². The van der Waals surface area contributed by atoms with Gasteiger partial charge in [0.15, 0.2) is 0 Å². The molecule has 0 aromatic carbocycles. The van der Waals surface area contributed by atoms with Gasteiger partial charge in [-0.25, -0.2) is 0 Å². The van der Waals surface area contributed by atoms with Crippen molar-refractivity contribution < 1.29 is 14.3 Å². The molecule has 0 aliphatic carbocycles. The van der Waals surface area contributed by atoms with Crippen molar-refractivity contribution in [2.45, 2.75) is 39.5 Å². The number of hydrogen-bond acceptors (Lipinski definition) is 3. The lowest BCUT2D eigenvalue weighted by Crippen LogP contribution is -2.40. The molecular weight excluding hydrogens is 230 g/mol. The number of rotatable bonds is 6. The Hall–Kier alpha value is -1.29. The molecule has 0 radical (unpaired) electrons. The number of amides is 1. The first kappa shape index (κ1) is 14.8. The number of aliphatic hydroxyl groups excluding tert-OH is 1. The molecule has 1 unspecified atom stereocenters. The maximum absolute atomic E-state index is 11.8. The van der Waals surface area contributed by atoms with E-state index in [1.807, 2.05) is 39.8 Å². The second kappa shape index (κ2) is 6.05. The number of aliphatic hydroxyl groups is 1. The Bertz CT molecular complexity index is 391. The highest BCUT2D eigenvalue weighted by atomic mass is 16.3. The zero-order valence-electron chi connectivity index (χ0n) is 11.6. The SMILES string of the molecule is CCC(CO)C(=O)NCC(C)(C)c1ccc(C)o1. The van der Waals surface area contributed by atoms with Crippen molar-refractivity contribution in [3.8, 4) is 0 Å². The van der Waals surface area contributed by atoms with Crippen LogP contribution < -0.4 is 5.32 Å². The fourth-order valence-corrected chi connectivity index (χ4v) is 1.74. The van der Waals surface area contributed by atoms with E-state index in [1.54, 1.807) is 0 Å². The fourth-order valence-electron chi connectivity index (χ4n) is 1.74. The molecule has 18 heavy (non-hydrogen) atoms. The third-order valence-corrected chi connectivity index (χ3v) is 3.20. The third-order valence-electron chi connectivity index (χ3n) is 3.20. The van der Waals surface area contributed by atoms with Crippen molar-refractivity contribution in [1.82, 2.24) is 5.32 Å². The first-order valence-corrected chi connectivity index (χ1v) is 6.36. The summed E-state index contributed by atoms with van der Waals surface area (Å²) in [5.74, 6) is 1.30. The minimum atomic E-state index is -0.320. The molecule has 1 rings (SSSR count). The smallest absolute Gasteiger partial charge is 0.225 e. The van der Waals surface area contributed by atoms with Crippen molar-refractivity contribution in [3.63, 3.8) is 0 Å². The zero-order chi connectivity index (χ0) is 13.8. The van der Waals surface area contributed by atoms with Crippen LogP contribution in [0.15, 0.2) is 16.5 Å². The van der Waals surface area contributed by atoms with Crippen LogP contribution in [0.25, 0.3) is 0 Å². The molecule has 0 fully saturated rings. The van der Waals surface area contributed by atoms with Gasteiger partial charge in [-0.15, -0.1) is 0 Å². The molecule has 0 bridgehead atoms. The van der Waals surface area contributed by atoms with Crippen molar-refractivity contribution in [2.75, 3.05) is 13.2 Å². The summed E-state index contributed by atoms with van der Waals surface area (Å²) >= 11 is 0. The molecule has 0 spiro atoms. The average molecular weight is 253 g/mol. The van der Waals surface area contributed by atoms with Gasteiger partial charge in [0.25, 0.3) is 0 Å². The molecule has 1 aromatic rings. The van der Waals surface area contributed by atoms with Crippen molar-refractivity contribution >= 4 is 5.91 Å². The number of nitrogens with one attached hydrogen (secondary N) is 1. The van der Waals surface area contributed by atoms with Gasteiger partial charge in [-0.2, -0.15) is 0 Å². The third kappa shape index (κ3) is 3.60. The van der Waals surface area contributed by atoms with Gasteiger partial charge in [0.1, 0.15) is 11.5 Å². The highest BCUT2D eigenvalue weighted by molar-refractivity contribution is 5.78. The van der Waals surface area contributed by atoms with E-state index in [9.17, 15) is 4.79 Å². The summed E-state index contributed by atoms with van der Waals surface area (Å²) in [4.78, 5) is 11.8. The van der Waals surface area contributed by atoms with Gasteiger partial charge >= 0.3 is 0 Å². The first-order chi connectivity index (χ1) is 8.40. The van der Waals surface area contributed by atoms with Crippen LogP contribution in [0.3, 0.4) is 0 Å². The highest BCUT2D eigenvalue weighted by Gasteiger charge is 2.26. The Morgan fingerprint density at radius 2 is 2.17 bits per heavy atom. The predicted molar refractivity (Wildman–Crippen MR) is 70.3 cm³/mol. The van der Waals surface area contributed by atoms with Crippen LogP contribution in [-0.2, 0) is 10.2 Å². The van der Waals surface area contributed by atoms with Gasteiger partial charge in [-0.1, -0.05) is 20.8 Å². The van der Waals surface area contributed by atoms with Crippen molar-refractivity contribution in [3.05, 3.63) is 23.7 Å². The van der Waals surface area contributed by atoms with Crippen molar-refractivity contribution in [2.24, 2.45) is 5.92 Å². The molecule has 4 heteroatoms. The Labute approximate surface area is 108 Å². The van der Waals surface area contributed by atoms with E-state index in [0.717, 1.165) is 11.5 Å². The van der Waals surface area contributed by atoms with Gasteiger partial charge in [-0.3, -0.25) is 4.79 Å². The summed E-state index contributed by atoms with van der Waals surface area (Å²) in [5.41, 5.74) is -0.252. The van der Waals surface area contributed by atoms with Crippen LogP contribution >= 0.6 is 0 Å². The van der Waals surface area contributed by atoms with Crippen LogP contribution in [0.1, 0.15) is 38.7 Å². The molecule has 102 valence electrons. The van der Waals surface area contributed by atoms with Gasteiger partial charge in [0.2, 0.25) is 5.91 Å². The minimum absolute atomic E-state index is 0.101. The maximum atomic E-state index is 11.8. The first-order valence-electron chi connectivity index (χ1n) is 6.36. The van der Waals surface area contributed by atoms with Crippen molar-refractivity contribution in [1.29, 1.82) is 0 Å². The Morgan fingerprint density at radius 1 is 1.50 bits per heavy atom. The summed E-state index contributed by atoms with van der Waals surface area (Å²) in [7, 11) is 0. The lowest BCUT2D eigenvalue weighted by atomic mass is 9.90. The number of furan rings is 1. The van der Waals surface area contributed by atoms with Gasteiger partial charge in [0, 0.05) is 12.0 Å². The van der Waals surface area contributed by atoms with Crippen LogP contribution in [0, 0.1) is 12.8 Å². The van der Waals surface area contributed by atoms with E-state index < -0.39 is 0 Å². The number of carbonyl (C=O) groups is 1. The Morgan fingerprint density at radius 3 is 2.61 bits per heavy atom. The number of aryl methyl sites for hydroxylation is 1. The number of hydrogen-bond donors (Lipinski definition) is 2. The molecule has 0 saturated heterocycles. The van der Waals surface area contributed by atoms with Gasteiger partial charge in [0.05, 0.1) is 12.5 Å². The van der Waals surface area contributed by atoms with Gasteiger partial charge < -0.3 is 14.8 Å². The Kier molecular flexibility index (Phi) is 4.96. The monoisotopic (exact) mass is 253 g/mol. The second-order valence-electron chi connectivity index (χ2n) is 5.30. The summed E-state index contributed by atoms with van der Waals surface area (Å²) in [6, 6.07) is 3.85. The quantitative estimate of drug-likeness (QED) is 0.815. The molecule has 1 heterocycles. The molecule has 4 nitrogen and oxygen atoms in total. The average Bonchev–Trinajstić information content (AvgIpc) is 2.76. The summed E-state index contributed by atoms with van der Waals surface area (Å²) in [6.45, 7) is 8.22. The molecule has 0 saturated carbocycles. The van der Waals surface area contributed by atoms with E-state index in [2.05, 4.69) is 5.32 Å². The summed E-state index contributed by atoms with van der Waals surface area (Å²) in [5, 5.41) is 11.9. The predicted octanol–water partition coefficient (Wildman–Crippen LogP) is 2.00. The molecule has 2 N–H and O–H groups in total. The van der Waals surface area contributed by atoms with Crippen LogP contribution in [-0.4, -0.2) is 24.2 Å². The van der Waals surface area contributed by atoms with E-state index >= 15 is 0 Å². The standard InChI is InChI=1S/C14H23NO3/c1-5-11(8-16)13(17)15-9-14(3,4)12-7-6-10(2)18-12/h6-7,11,16H,5,8-9H2,1-4H3,(H,15,17). The van der Waals surface area contributed by atoms with E-state index in [4.69, 9.17) is 9.52 Å². The normalized spacial score (nSPS) is 13.4. The minimum Gasteiger partial charge on any atom is -0.466 e. The molecule has 0 aliphatic heterocycles. The van der Waals surface area contributed by atoms with E-state index in [-0.39, 0.29) is 23.8 Å². The van der Waals surface area contributed by atoms with Crippen LogP contribution in [0.2, 0.25) is 0 Å². The molecule has 1 aromatic heterocycles. The van der Waals surface area contributed by atoms with E-state index in [0.29, 0.717) is 13.0 Å². The lowest BCUT2D eigenvalue weighted by molar-refractivity contribution is -0.126. The highest BCUT2D eigenvalue weighted by Crippen LogP contribution is 2.24. The summed E-state index contributed by atoms with van der Waals surface area (Å²) < 4.78 is 5.59. The lowest BCUT2D eigenvalue weighted by Gasteiger charge is -2.23. The largest absolute Gasteiger partial charge is 0.466 e. The number of carbonyl (C=O) groups excluding carboxylic acids is 1.